The van der Waals surface area contributed by atoms with E-state index in [2.05, 4.69) is 6.58 Å². The summed E-state index contributed by atoms with van der Waals surface area (Å²) in [6, 6.07) is 14.2. The van der Waals surface area contributed by atoms with Crippen molar-refractivity contribution in [3.63, 3.8) is 0 Å². The Morgan fingerprint density at radius 2 is 1.62 bits per heavy atom. The van der Waals surface area contributed by atoms with Gasteiger partial charge in [-0.3, -0.25) is 10.1 Å². The number of benzene rings is 2. The van der Waals surface area contributed by atoms with Gasteiger partial charge in [-0.2, -0.15) is 0 Å². The van der Waals surface area contributed by atoms with Crippen molar-refractivity contribution in [2.24, 2.45) is 0 Å². The highest BCUT2D eigenvalue weighted by Crippen LogP contribution is 2.24. The van der Waals surface area contributed by atoms with E-state index in [1.807, 2.05) is 30.3 Å². The molecule has 0 saturated carbocycles. The average Bonchev–Trinajstić information content (AvgIpc) is 2.52. The molecule has 0 aliphatic heterocycles. The largest absolute Gasteiger partial charge is 0.494 e. The highest BCUT2D eigenvalue weighted by atomic mass is 16.6. The Balaban J connectivity index is 2.01. The Morgan fingerprint density at radius 3 is 2.14 bits per heavy atom. The van der Waals surface area contributed by atoms with E-state index in [0.29, 0.717) is 6.61 Å². The topological polar surface area (TPSA) is 52.4 Å². The molecule has 0 aliphatic carbocycles. The summed E-state index contributed by atoms with van der Waals surface area (Å²) in [6.07, 6.45) is 3.77. The molecular weight excluding hydrogens is 266 g/mol. The van der Waals surface area contributed by atoms with Gasteiger partial charge in [0, 0.05) is 12.1 Å². The van der Waals surface area contributed by atoms with Gasteiger partial charge in [0.2, 0.25) is 0 Å². The van der Waals surface area contributed by atoms with Crippen LogP contribution < -0.4 is 4.74 Å². The van der Waals surface area contributed by atoms with E-state index >= 15 is 0 Å². The normalized spacial score (nSPS) is 10.1. The lowest BCUT2D eigenvalue weighted by atomic mass is 10.1. The minimum atomic E-state index is -0.399. The number of hydrogen-bond donors (Lipinski definition) is 0. The third-order valence-corrected chi connectivity index (χ3v) is 3.09. The smallest absolute Gasteiger partial charge is 0.269 e. The maximum Gasteiger partial charge on any atom is 0.269 e. The molecule has 0 unspecified atom stereocenters. The summed E-state index contributed by atoms with van der Waals surface area (Å²) in [7, 11) is 0. The summed E-state index contributed by atoms with van der Waals surface area (Å²) in [5.41, 5.74) is 2.04. The molecule has 0 saturated heterocycles. The molecule has 21 heavy (non-hydrogen) atoms. The summed E-state index contributed by atoms with van der Waals surface area (Å²) < 4.78 is 5.61. The highest BCUT2D eigenvalue weighted by Gasteiger charge is 2.05. The van der Waals surface area contributed by atoms with Gasteiger partial charge in [-0.1, -0.05) is 18.2 Å². The van der Waals surface area contributed by atoms with Gasteiger partial charge in [0.05, 0.1) is 11.5 Å². The molecule has 2 aromatic carbocycles. The number of non-ortho nitro benzene ring substituents is 1. The monoisotopic (exact) mass is 283 g/mol. The van der Waals surface area contributed by atoms with E-state index in [1.165, 1.54) is 12.1 Å². The summed E-state index contributed by atoms with van der Waals surface area (Å²) in [5, 5.41) is 10.6. The summed E-state index contributed by atoms with van der Waals surface area (Å²) in [6.45, 7) is 4.34. The second-order valence-corrected chi connectivity index (χ2v) is 4.61. The van der Waals surface area contributed by atoms with Gasteiger partial charge in [-0.15, -0.1) is 6.58 Å². The van der Waals surface area contributed by atoms with E-state index in [1.54, 1.807) is 12.1 Å². The van der Waals surface area contributed by atoms with Gasteiger partial charge in [0.25, 0.3) is 5.69 Å². The number of rotatable bonds is 7. The lowest BCUT2D eigenvalue weighted by Gasteiger charge is -2.06. The molecule has 0 aliphatic rings. The van der Waals surface area contributed by atoms with E-state index in [4.69, 9.17) is 4.74 Å². The number of nitro groups is 1. The predicted octanol–water partition coefficient (Wildman–Crippen LogP) is 4.61. The summed E-state index contributed by atoms with van der Waals surface area (Å²) in [5.74, 6) is 0.824. The number of unbranched alkanes of at least 4 members (excludes halogenated alkanes) is 1. The second-order valence-electron chi connectivity index (χ2n) is 4.61. The van der Waals surface area contributed by atoms with Gasteiger partial charge in [0.15, 0.2) is 0 Å². The van der Waals surface area contributed by atoms with Crippen LogP contribution in [0.2, 0.25) is 0 Å². The van der Waals surface area contributed by atoms with Crippen LogP contribution in [0.3, 0.4) is 0 Å². The van der Waals surface area contributed by atoms with Crippen LogP contribution in [0, 0.1) is 10.1 Å². The fraction of sp³-hybridized carbons (Fsp3) is 0.176. The number of nitrogens with zero attached hydrogens (tertiary/aromatic N) is 1. The van der Waals surface area contributed by atoms with Gasteiger partial charge >= 0.3 is 0 Å². The Labute approximate surface area is 123 Å². The Morgan fingerprint density at radius 1 is 1.05 bits per heavy atom. The van der Waals surface area contributed by atoms with Crippen LogP contribution in [0.4, 0.5) is 5.69 Å². The van der Waals surface area contributed by atoms with Gasteiger partial charge in [0.1, 0.15) is 5.75 Å². The molecule has 0 heterocycles. The minimum absolute atomic E-state index is 0.0981. The fourth-order valence-corrected chi connectivity index (χ4v) is 1.94. The molecule has 4 heteroatoms. The first-order valence-corrected chi connectivity index (χ1v) is 6.79. The SMILES string of the molecule is C=CCCCOc1ccc(-c2ccc([N+](=O)[O-])cc2)cc1. The second kappa shape index (κ2) is 7.24. The Hall–Kier alpha value is -2.62. The van der Waals surface area contributed by atoms with Crippen molar-refractivity contribution in [3.8, 4) is 16.9 Å². The van der Waals surface area contributed by atoms with E-state index < -0.39 is 4.92 Å². The van der Waals surface area contributed by atoms with Crippen molar-refractivity contribution in [2.75, 3.05) is 6.61 Å². The van der Waals surface area contributed by atoms with Gasteiger partial charge in [-0.25, -0.2) is 0 Å². The molecule has 0 radical (unpaired) electrons. The average molecular weight is 283 g/mol. The van der Waals surface area contributed by atoms with Crippen molar-refractivity contribution >= 4 is 5.69 Å². The summed E-state index contributed by atoms with van der Waals surface area (Å²) in [4.78, 5) is 10.2. The van der Waals surface area contributed by atoms with E-state index in [9.17, 15) is 10.1 Å². The van der Waals surface area contributed by atoms with Gasteiger partial charge in [-0.05, 0) is 48.2 Å². The molecule has 4 nitrogen and oxygen atoms in total. The molecule has 0 atom stereocenters. The zero-order valence-electron chi connectivity index (χ0n) is 11.7. The van der Waals surface area contributed by atoms with Crippen molar-refractivity contribution in [2.45, 2.75) is 12.8 Å². The van der Waals surface area contributed by atoms with E-state index in [0.717, 1.165) is 29.7 Å². The number of ether oxygens (including phenoxy) is 1. The maximum atomic E-state index is 10.6. The number of allylic oxidation sites excluding steroid dienone is 1. The Bertz CT molecular complexity index is 603. The van der Waals surface area contributed by atoms with E-state index in [-0.39, 0.29) is 5.69 Å². The van der Waals surface area contributed by atoms with Crippen LogP contribution >= 0.6 is 0 Å². The van der Waals surface area contributed by atoms with Crippen molar-refractivity contribution in [3.05, 3.63) is 71.3 Å². The number of hydrogen-bond acceptors (Lipinski definition) is 3. The molecule has 108 valence electrons. The lowest BCUT2D eigenvalue weighted by Crippen LogP contribution is -1.96. The third-order valence-electron chi connectivity index (χ3n) is 3.09. The highest BCUT2D eigenvalue weighted by molar-refractivity contribution is 5.65. The van der Waals surface area contributed by atoms with Crippen molar-refractivity contribution in [1.29, 1.82) is 0 Å². The third kappa shape index (κ3) is 4.18. The zero-order valence-corrected chi connectivity index (χ0v) is 11.7. The molecule has 0 spiro atoms. The molecule has 0 bridgehead atoms. The minimum Gasteiger partial charge on any atom is -0.494 e. The van der Waals surface area contributed by atoms with Crippen molar-refractivity contribution in [1.82, 2.24) is 0 Å². The summed E-state index contributed by atoms with van der Waals surface area (Å²) >= 11 is 0. The lowest BCUT2D eigenvalue weighted by molar-refractivity contribution is -0.384. The Kier molecular flexibility index (Phi) is 5.10. The standard InChI is InChI=1S/C17H17NO3/c1-2-3-4-13-21-17-11-7-15(8-12-17)14-5-9-16(10-6-14)18(19)20/h2,5-12H,1,3-4,13H2. The van der Waals surface area contributed by atoms with Crippen LogP contribution in [0.25, 0.3) is 11.1 Å². The maximum absolute atomic E-state index is 10.6. The molecule has 0 amide bonds. The van der Waals surface area contributed by atoms with Crippen LogP contribution in [0.5, 0.6) is 5.75 Å². The molecule has 0 N–H and O–H groups in total. The fourth-order valence-electron chi connectivity index (χ4n) is 1.94. The van der Waals surface area contributed by atoms with Crippen LogP contribution in [-0.2, 0) is 0 Å². The first-order chi connectivity index (χ1) is 10.2. The molecule has 2 rings (SSSR count). The number of nitro benzene ring substituents is 1. The van der Waals surface area contributed by atoms with Crippen LogP contribution in [0.15, 0.2) is 61.2 Å². The van der Waals surface area contributed by atoms with Crippen LogP contribution in [-0.4, -0.2) is 11.5 Å². The molecule has 0 fully saturated rings. The zero-order chi connectivity index (χ0) is 15.1. The van der Waals surface area contributed by atoms with Crippen LogP contribution in [0.1, 0.15) is 12.8 Å². The molecular formula is C17H17NO3. The predicted molar refractivity (Wildman–Crippen MR) is 83.5 cm³/mol. The van der Waals surface area contributed by atoms with Crippen molar-refractivity contribution < 1.29 is 9.66 Å². The van der Waals surface area contributed by atoms with Gasteiger partial charge < -0.3 is 4.74 Å². The first-order valence-electron chi connectivity index (χ1n) is 6.79. The first kappa shape index (κ1) is 14.8. The molecule has 0 aromatic heterocycles. The molecule has 2 aromatic rings. The quantitative estimate of drug-likeness (QED) is 0.323.